The Balaban J connectivity index is 1.75. The quantitative estimate of drug-likeness (QED) is 0.650. The number of ether oxygens (including phenoxy) is 2. The molecule has 108 valence electrons. The van der Waals surface area contributed by atoms with E-state index in [2.05, 4.69) is 56.1 Å². The van der Waals surface area contributed by atoms with Crippen LogP contribution in [0.2, 0.25) is 0 Å². The van der Waals surface area contributed by atoms with Crippen molar-refractivity contribution in [2.45, 2.75) is 17.2 Å². The van der Waals surface area contributed by atoms with Crippen molar-refractivity contribution in [2.75, 3.05) is 13.2 Å². The fourth-order valence-corrected chi connectivity index (χ4v) is 4.45. The normalized spacial score (nSPS) is 20.4. The van der Waals surface area contributed by atoms with Crippen molar-refractivity contribution < 1.29 is 9.47 Å². The van der Waals surface area contributed by atoms with Crippen molar-refractivity contribution in [3.63, 3.8) is 0 Å². The fourth-order valence-electron chi connectivity index (χ4n) is 3.15. The molecule has 2 atom stereocenters. The first kappa shape index (κ1) is 13.6. The van der Waals surface area contributed by atoms with Gasteiger partial charge in [0.15, 0.2) is 0 Å². The standard InChI is InChI=1S/C17H14Br2O2/c18-11-7-10-5-6-20-17(10)13(8-11)16(19)14-9-21-15-4-2-1-3-12(14)15/h1-4,7-8,14,16H,5-6,9H2. The Morgan fingerprint density at radius 3 is 2.90 bits per heavy atom. The van der Waals surface area contributed by atoms with Gasteiger partial charge in [-0.05, 0) is 23.8 Å². The second-order valence-corrected chi connectivity index (χ2v) is 7.34. The van der Waals surface area contributed by atoms with Gasteiger partial charge in [0.25, 0.3) is 0 Å². The van der Waals surface area contributed by atoms with Gasteiger partial charge in [0.2, 0.25) is 0 Å². The van der Waals surface area contributed by atoms with E-state index in [0.717, 1.165) is 29.0 Å². The van der Waals surface area contributed by atoms with E-state index >= 15 is 0 Å². The van der Waals surface area contributed by atoms with Crippen LogP contribution in [0, 0.1) is 0 Å². The van der Waals surface area contributed by atoms with Gasteiger partial charge in [-0.3, -0.25) is 0 Å². The SMILES string of the molecule is Brc1cc2c(c(C(Br)C3COc4ccccc43)c1)OCC2. The molecule has 0 saturated carbocycles. The van der Waals surface area contributed by atoms with E-state index in [4.69, 9.17) is 9.47 Å². The first-order valence-electron chi connectivity index (χ1n) is 7.05. The summed E-state index contributed by atoms with van der Waals surface area (Å²) in [5, 5.41) is 0. The van der Waals surface area contributed by atoms with Gasteiger partial charge in [0.05, 0.1) is 18.0 Å². The summed E-state index contributed by atoms with van der Waals surface area (Å²) < 4.78 is 12.8. The van der Waals surface area contributed by atoms with Gasteiger partial charge >= 0.3 is 0 Å². The van der Waals surface area contributed by atoms with Gasteiger partial charge < -0.3 is 9.47 Å². The molecule has 2 nitrogen and oxygen atoms in total. The Morgan fingerprint density at radius 1 is 1.14 bits per heavy atom. The van der Waals surface area contributed by atoms with Crippen molar-refractivity contribution in [3.05, 3.63) is 57.6 Å². The molecule has 2 aromatic carbocycles. The second-order valence-electron chi connectivity index (χ2n) is 5.44. The van der Waals surface area contributed by atoms with Crippen LogP contribution in [-0.2, 0) is 6.42 Å². The molecule has 2 aliphatic heterocycles. The summed E-state index contributed by atoms with van der Waals surface area (Å²) in [6.45, 7) is 1.48. The van der Waals surface area contributed by atoms with Gasteiger partial charge in [-0.1, -0.05) is 50.1 Å². The Labute approximate surface area is 140 Å². The van der Waals surface area contributed by atoms with E-state index in [1.807, 2.05) is 12.1 Å². The number of alkyl halides is 1. The predicted octanol–water partition coefficient (Wildman–Crippen LogP) is 5.00. The molecule has 0 N–H and O–H groups in total. The molecule has 0 fully saturated rings. The molecule has 4 heteroatoms. The van der Waals surface area contributed by atoms with Crippen LogP contribution < -0.4 is 9.47 Å². The number of hydrogen-bond donors (Lipinski definition) is 0. The summed E-state index contributed by atoms with van der Waals surface area (Å²) in [5.74, 6) is 2.35. The summed E-state index contributed by atoms with van der Waals surface area (Å²) in [4.78, 5) is 0.186. The van der Waals surface area contributed by atoms with E-state index in [1.54, 1.807) is 0 Å². The highest BCUT2D eigenvalue weighted by atomic mass is 79.9. The number of hydrogen-bond acceptors (Lipinski definition) is 2. The minimum atomic E-state index is 0.186. The lowest BCUT2D eigenvalue weighted by atomic mass is 9.92. The zero-order chi connectivity index (χ0) is 14.4. The highest BCUT2D eigenvalue weighted by molar-refractivity contribution is 9.10. The maximum Gasteiger partial charge on any atom is 0.127 e. The molecule has 2 unspecified atom stereocenters. The molecule has 0 bridgehead atoms. The molecule has 0 aliphatic carbocycles. The Bertz CT molecular complexity index is 699. The maximum absolute atomic E-state index is 5.86. The van der Waals surface area contributed by atoms with Crippen LogP contribution in [0.3, 0.4) is 0 Å². The average Bonchev–Trinajstić information content (AvgIpc) is 3.11. The summed E-state index contributed by atoms with van der Waals surface area (Å²) in [5.41, 5.74) is 3.77. The summed E-state index contributed by atoms with van der Waals surface area (Å²) in [6, 6.07) is 12.6. The van der Waals surface area contributed by atoms with Crippen molar-refractivity contribution in [3.8, 4) is 11.5 Å². The highest BCUT2D eigenvalue weighted by Crippen LogP contribution is 2.49. The van der Waals surface area contributed by atoms with Gasteiger partial charge in [0.1, 0.15) is 11.5 Å². The van der Waals surface area contributed by atoms with Gasteiger partial charge in [-0.2, -0.15) is 0 Å². The maximum atomic E-state index is 5.86. The summed E-state index contributed by atoms with van der Waals surface area (Å²) in [6.07, 6.45) is 0.985. The number of halogens is 2. The third kappa shape index (κ3) is 2.29. The third-order valence-electron chi connectivity index (χ3n) is 4.16. The molecule has 0 radical (unpaired) electrons. The Morgan fingerprint density at radius 2 is 2.00 bits per heavy atom. The minimum absolute atomic E-state index is 0.186. The van der Waals surface area contributed by atoms with Crippen LogP contribution >= 0.6 is 31.9 Å². The average molecular weight is 410 g/mol. The van der Waals surface area contributed by atoms with Crippen molar-refractivity contribution >= 4 is 31.9 Å². The van der Waals surface area contributed by atoms with Gasteiger partial charge in [0, 0.05) is 27.9 Å². The fraction of sp³-hybridized carbons (Fsp3) is 0.294. The second kappa shape index (κ2) is 5.33. The van der Waals surface area contributed by atoms with E-state index in [-0.39, 0.29) is 4.83 Å². The lowest BCUT2D eigenvalue weighted by Gasteiger charge is -2.20. The van der Waals surface area contributed by atoms with Crippen LogP contribution in [0.4, 0.5) is 0 Å². The Hall–Kier alpha value is -1.00. The highest BCUT2D eigenvalue weighted by Gasteiger charge is 2.33. The number of benzene rings is 2. The topological polar surface area (TPSA) is 18.5 Å². The first-order chi connectivity index (χ1) is 10.2. The smallest absolute Gasteiger partial charge is 0.127 e. The molecule has 2 aromatic rings. The largest absolute Gasteiger partial charge is 0.493 e. The molecule has 21 heavy (non-hydrogen) atoms. The lowest BCUT2D eigenvalue weighted by Crippen LogP contribution is -2.09. The van der Waals surface area contributed by atoms with E-state index in [9.17, 15) is 0 Å². The van der Waals surface area contributed by atoms with Crippen molar-refractivity contribution in [2.24, 2.45) is 0 Å². The van der Waals surface area contributed by atoms with Gasteiger partial charge in [-0.25, -0.2) is 0 Å². The van der Waals surface area contributed by atoms with E-state index < -0.39 is 0 Å². The van der Waals surface area contributed by atoms with Crippen LogP contribution in [0.1, 0.15) is 27.4 Å². The van der Waals surface area contributed by atoms with Crippen LogP contribution in [-0.4, -0.2) is 13.2 Å². The zero-order valence-electron chi connectivity index (χ0n) is 11.3. The molecule has 0 spiro atoms. The predicted molar refractivity (Wildman–Crippen MR) is 89.7 cm³/mol. The molecular formula is C17H14Br2O2. The van der Waals surface area contributed by atoms with E-state index in [1.165, 1.54) is 16.7 Å². The molecule has 2 heterocycles. The van der Waals surface area contributed by atoms with Gasteiger partial charge in [-0.15, -0.1) is 0 Å². The molecule has 0 aromatic heterocycles. The number of para-hydroxylation sites is 1. The van der Waals surface area contributed by atoms with Crippen molar-refractivity contribution in [1.82, 2.24) is 0 Å². The monoisotopic (exact) mass is 408 g/mol. The first-order valence-corrected chi connectivity index (χ1v) is 8.76. The van der Waals surface area contributed by atoms with Crippen LogP contribution in [0.5, 0.6) is 11.5 Å². The molecular weight excluding hydrogens is 396 g/mol. The third-order valence-corrected chi connectivity index (χ3v) is 5.75. The minimum Gasteiger partial charge on any atom is -0.493 e. The zero-order valence-corrected chi connectivity index (χ0v) is 14.5. The molecule has 2 aliphatic rings. The summed E-state index contributed by atoms with van der Waals surface area (Å²) >= 11 is 7.51. The summed E-state index contributed by atoms with van der Waals surface area (Å²) in [7, 11) is 0. The van der Waals surface area contributed by atoms with Crippen LogP contribution in [0.25, 0.3) is 0 Å². The Kier molecular flexibility index (Phi) is 3.46. The number of fused-ring (bicyclic) bond motifs is 2. The molecule has 0 saturated heterocycles. The number of rotatable bonds is 2. The lowest BCUT2D eigenvalue weighted by molar-refractivity contribution is 0.325. The van der Waals surface area contributed by atoms with Crippen LogP contribution in [0.15, 0.2) is 40.9 Å². The molecule has 0 amide bonds. The van der Waals surface area contributed by atoms with E-state index in [0.29, 0.717) is 12.5 Å². The van der Waals surface area contributed by atoms with Crippen molar-refractivity contribution in [1.29, 1.82) is 0 Å². The molecule has 4 rings (SSSR count).